The average molecular weight is 362 g/mol. The molecule has 0 aliphatic carbocycles. The third kappa shape index (κ3) is 3.27. The number of carbonyl (C=O) groups excluding carboxylic acids is 1. The van der Waals surface area contributed by atoms with E-state index in [1.807, 2.05) is 36.4 Å². The van der Waals surface area contributed by atoms with Gasteiger partial charge in [-0.2, -0.15) is 10.1 Å². The first kappa shape index (κ1) is 16.8. The summed E-state index contributed by atoms with van der Waals surface area (Å²) in [7, 11) is 0. The molecule has 1 aromatic heterocycles. The number of anilines is 1. The molecule has 2 N–H and O–H groups in total. The summed E-state index contributed by atoms with van der Waals surface area (Å²) in [6.07, 6.45) is 1.41. The number of phenolic OH excluding ortho intramolecular Hbond substituents is 1. The Kier molecular flexibility index (Phi) is 4.33. The molecule has 7 heteroatoms. The normalized spacial score (nSPS) is 18.4. The number of esters is 1. The van der Waals surface area contributed by atoms with Gasteiger partial charge >= 0.3 is 5.97 Å². The smallest absolute Gasteiger partial charge is 0.317 e. The average Bonchev–Trinajstić information content (AvgIpc) is 3.13. The number of rotatable bonds is 4. The van der Waals surface area contributed by atoms with Crippen molar-refractivity contribution in [3.63, 3.8) is 0 Å². The van der Waals surface area contributed by atoms with Crippen LogP contribution >= 0.6 is 0 Å². The van der Waals surface area contributed by atoms with Crippen molar-refractivity contribution in [2.75, 3.05) is 5.32 Å². The van der Waals surface area contributed by atoms with E-state index in [0.717, 1.165) is 5.56 Å². The molecule has 1 aliphatic heterocycles. The molecule has 0 saturated carbocycles. The maximum absolute atomic E-state index is 12.9. The van der Waals surface area contributed by atoms with Gasteiger partial charge in [-0.25, -0.2) is 4.68 Å². The van der Waals surface area contributed by atoms with Gasteiger partial charge in [-0.1, -0.05) is 49.0 Å². The molecular formula is C20H18N4O3. The number of ether oxygens (including phenoxy) is 1. The molecule has 0 fully saturated rings. The molecule has 0 amide bonds. The second-order valence-electron chi connectivity index (χ2n) is 6.29. The topological polar surface area (TPSA) is 89.3 Å². The maximum Gasteiger partial charge on any atom is 0.317 e. The molecule has 7 nitrogen and oxygen atoms in total. The van der Waals surface area contributed by atoms with E-state index in [2.05, 4.69) is 22.0 Å². The van der Waals surface area contributed by atoms with Crippen LogP contribution in [0.1, 0.15) is 17.2 Å². The molecule has 1 aliphatic rings. The second kappa shape index (κ2) is 6.95. The van der Waals surface area contributed by atoms with E-state index >= 15 is 0 Å². The molecule has 4 rings (SSSR count). The van der Waals surface area contributed by atoms with Crippen molar-refractivity contribution in [3.05, 3.63) is 84.3 Å². The van der Waals surface area contributed by atoms with E-state index in [1.165, 1.54) is 6.33 Å². The Hall–Kier alpha value is -3.61. The van der Waals surface area contributed by atoms with Crippen molar-refractivity contribution in [1.29, 1.82) is 0 Å². The van der Waals surface area contributed by atoms with Gasteiger partial charge in [-0.3, -0.25) is 4.79 Å². The summed E-state index contributed by atoms with van der Waals surface area (Å²) in [6, 6.07) is 15.7. The van der Waals surface area contributed by atoms with Crippen LogP contribution in [0, 0.1) is 5.92 Å². The predicted octanol–water partition coefficient (Wildman–Crippen LogP) is 2.87. The molecule has 3 aromatic rings. The lowest BCUT2D eigenvalue weighted by atomic mass is 9.89. The summed E-state index contributed by atoms with van der Waals surface area (Å²) >= 11 is 0. The van der Waals surface area contributed by atoms with Crippen LogP contribution in [0.4, 0.5) is 5.95 Å². The first-order valence-corrected chi connectivity index (χ1v) is 8.48. The number of hydrogen-bond donors (Lipinski definition) is 2. The van der Waals surface area contributed by atoms with Crippen LogP contribution < -0.4 is 5.32 Å². The summed E-state index contributed by atoms with van der Waals surface area (Å²) < 4.78 is 7.16. The number of benzene rings is 2. The van der Waals surface area contributed by atoms with Gasteiger partial charge in [0.2, 0.25) is 5.95 Å². The van der Waals surface area contributed by atoms with Gasteiger partial charge in [0, 0.05) is 5.70 Å². The van der Waals surface area contributed by atoms with E-state index in [-0.39, 0.29) is 12.4 Å². The van der Waals surface area contributed by atoms with Crippen LogP contribution in [-0.2, 0) is 16.1 Å². The van der Waals surface area contributed by atoms with E-state index in [1.54, 1.807) is 22.9 Å². The number of aromatic nitrogens is 3. The zero-order valence-electron chi connectivity index (χ0n) is 14.4. The van der Waals surface area contributed by atoms with E-state index in [4.69, 9.17) is 4.74 Å². The number of aromatic hydroxyl groups is 1. The highest BCUT2D eigenvalue weighted by Gasteiger charge is 2.40. The van der Waals surface area contributed by atoms with Crippen LogP contribution in [0.5, 0.6) is 5.75 Å². The molecule has 2 unspecified atom stereocenters. The number of phenols is 1. The summed E-state index contributed by atoms with van der Waals surface area (Å²) in [5.41, 5.74) is 2.09. The fraction of sp³-hybridized carbons (Fsp3) is 0.150. The lowest BCUT2D eigenvalue weighted by molar-refractivity contribution is -0.149. The minimum absolute atomic E-state index is 0.106. The van der Waals surface area contributed by atoms with Gasteiger partial charge in [-0.15, -0.1) is 0 Å². The zero-order valence-corrected chi connectivity index (χ0v) is 14.4. The molecule has 0 radical (unpaired) electrons. The molecule has 0 spiro atoms. The number of hydrogen-bond acceptors (Lipinski definition) is 6. The summed E-state index contributed by atoms with van der Waals surface area (Å²) in [6.45, 7) is 4.16. The minimum atomic E-state index is -0.718. The van der Waals surface area contributed by atoms with E-state index < -0.39 is 17.9 Å². The van der Waals surface area contributed by atoms with Crippen molar-refractivity contribution < 1.29 is 14.6 Å². The number of nitrogens with zero attached hydrogens (tertiary/aromatic N) is 3. The number of fused-ring (bicyclic) bond motifs is 1. The van der Waals surface area contributed by atoms with Crippen molar-refractivity contribution >= 4 is 11.9 Å². The Labute approximate surface area is 155 Å². The van der Waals surface area contributed by atoms with Crippen LogP contribution in [0.2, 0.25) is 0 Å². The van der Waals surface area contributed by atoms with Gasteiger partial charge in [-0.05, 0) is 23.3 Å². The largest absolute Gasteiger partial charge is 0.508 e. The van der Waals surface area contributed by atoms with Crippen molar-refractivity contribution in [1.82, 2.24) is 14.8 Å². The van der Waals surface area contributed by atoms with E-state index in [0.29, 0.717) is 17.2 Å². The molecular weight excluding hydrogens is 344 g/mol. The zero-order chi connectivity index (χ0) is 18.8. The quantitative estimate of drug-likeness (QED) is 0.694. The van der Waals surface area contributed by atoms with Gasteiger partial charge in [0.15, 0.2) is 0 Å². The van der Waals surface area contributed by atoms with Crippen LogP contribution in [0.25, 0.3) is 0 Å². The number of carbonyl (C=O) groups is 1. The van der Waals surface area contributed by atoms with Gasteiger partial charge < -0.3 is 15.2 Å². The predicted molar refractivity (Wildman–Crippen MR) is 98.8 cm³/mol. The van der Waals surface area contributed by atoms with Crippen LogP contribution in [-0.4, -0.2) is 25.8 Å². The lowest BCUT2D eigenvalue weighted by Crippen LogP contribution is -2.37. The van der Waals surface area contributed by atoms with Gasteiger partial charge in [0.1, 0.15) is 24.6 Å². The Morgan fingerprint density at radius 1 is 1.22 bits per heavy atom. The fourth-order valence-electron chi connectivity index (χ4n) is 3.23. The molecule has 0 bridgehead atoms. The SMILES string of the molecule is C=C1Nc2ncnn2C(c2cccc(O)c2)C1C(=O)OCc1ccccc1. The standard InChI is InChI=1S/C20H18N4O3/c1-13-17(19(26)27-11-14-6-3-2-4-7-14)18(15-8-5-9-16(25)10-15)24-20(23-13)21-12-22-24/h2-10,12,17-18,25H,1,11H2,(H,21,22,23). The van der Waals surface area contributed by atoms with Crippen molar-refractivity contribution in [3.8, 4) is 5.75 Å². The molecule has 0 saturated heterocycles. The first-order valence-electron chi connectivity index (χ1n) is 8.48. The third-order valence-corrected chi connectivity index (χ3v) is 4.49. The molecule has 2 heterocycles. The van der Waals surface area contributed by atoms with Crippen LogP contribution in [0.15, 0.2) is 73.2 Å². The highest BCUT2D eigenvalue weighted by Crippen LogP contribution is 2.38. The Balaban J connectivity index is 1.66. The van der Waals surface area contributed by atoms with Gasteiger partial charge in [0.25, 0.3) is 0 Å². The second-order valence-corrected chi connectivity index (χ2v) is 6.29. The Bertz CT molecular complexity index is 984. The molecule has 2 atom stereocenters. The summed E-state index contributed by atoms with van der Waals surface area (Å²) in [5.74, 6) is -0.550. The van der Waals surface area contributed by atoms with E-state index in [9.17, 15) is 9.90 Å². The molecule has 27 heavy (non-hydrogen) atoms. The minimum Gasteiger partial charge on any atom is -0.508 e. The first-order chi connectivity index (χ1) is 13.1. The summed E-state index contributed by atoms with van der Waals surface area (Å²) in [4.78, 5) is 17.1. The summed E-state index contributed by atoms with van der Waals surface area (Å²) in [5, 5.41) is 17.1. The van der Waals surface area contributed by atoms with Crippen LogP contribution in [0.3, 0.4) is 0 Å². The highest BCUT2D eigenvalue weighted by atomic mass is 16.5. The fourth-order valence-corrected chi connectivity index (χ4v) is 3.23. The molecule has 136 valence electrons. The number of nitrogens with one attached hydrogen (secondary N) is 1. The van der Waals surface area contributed by atoms with Crippen molar-refractivity contribution in [2.24, 2.45) is 5.92 Å². The lowest BCUT2D eigenvalue weighted by Gasteiger charge is -2.33. The van der Waals surface area contributed by atoms with Gasteiger partial charge in [0.05, 0.1) is 6.04 Å². The molecule has 2 aromatic carbocycles. The third-order valence-electron chi connectivity index (χ3n) is 4.49. The van der Waals surface area contributed by atoms with Crippen molar-refractivity contribution in [2.45, 2.75) is 12.6 Å². The monoisotopic (exact) mass is 362 g/mol. The Morgan fingerprint density at radius 2 is 2.04 bits per heavy atom. The highest BCUT2D eigenvalue weighted by molar-refractivity contribution is 5.79. The Morgan fingerprint density at radius 3 is 2.81 bits per heavy atom. The maximum atomic E-state index is 12.9.